The summed E-state index contributed by atoms with van der Waals surface area (Å²) in [6.45, 7) is 9.51. The molecule has 0 radical (unpaired) electrons. The highest BCUT2D eigenvalue weighted by Crippen LogP contribution is 2.32. The molecule has 4 rings (SSSR count). The molecule has 8 nitrogen and oxygen atoms in total. The van der Waals surface area contributed by atoms with Gasteiger partial charge in [0.15, 0.2) is 0 Å². The van der Waals surface area contributed by atoms with Crippen LogP contribution in [0.2, 0.25) is 0 Å². The molecule has 238 valence electrons. The summed E-state index contributed by atoms with van der Waals surface area (Å²) in [5.41, 5.74) is 4.95. The number of amides is 1. The maximum absolute atomic E-state index is 11.4. The molecule has 4 aromatic rings. The summed E-state index contributed by atoms with van der Waals surface area (Å²) in [7, 11) is 1.50. The fraction of sp³-hybridized carbons (Fsp3) is 0.286. The van der Waals surface area contributed by atoms with Gasteiger partial charge in [-0.15, -0.1) is 0 Å². The molecule has 0 aliphatic carbocycles. The Bertz CT molecular complexity index is 1460. The standard InChI is InChI=1S/C30H30N6O2.C3H6F2.C2H6/c1-30(2,34-20-37)28(24-18-32-29(38-3)33-19-24)36-26-15-14-25(16-23(26)17-31)35-27(21-10-6-4-7-11-21)22-12-8-5-9-13-22;1-3(2,4)5;1-2/h4-20,28,31,36H,1-3H3,(H,34,37);1-2H3;1-2H3/t28-;;/m1../s1. The van der Waals surface area contributed by atoms with Crippen LogP contribution in [0.15, 0.2) is 96.2 Å². The average molecular weight is 617 g/mol. The van der Waals surface area contributed by atoms with Crippen LogP contribution in [-0.2, 0) is 4.79 Å². The zero-order chi connectivity index (χ0) is 33.5. The van der Waals surface area contributed by atoms with Gasteiger partial charge < -0.3 is 20.8 Å². The first-order chi connectivity index (χ1) is 21.4. The van der Waals surface area contributed by atoms with Gasteiger partial charge in [0.05, 0.1) is 30.1 Å². The van der Waals surface area contributed by atoms with Crippen molar-refractivity contribution in [3.63, 3.8) is 0 Å². The predicted octanol–water partition coefficient (Wildman–Crippen LogP) is 8.02. The second-order valence-corrected chi connectivity index (χ2v) is 10.5. The number of benzene rings is 3. The van der Waals surface area contributed by atoms with Crippen LogP contribution in [0.25, 0.3) is 0 Å². The molecule has 0 saturated heterocycles. The third-order valence-electron chi connectivity index (χ3n) is 6.14. The summed E-state index contributed by atoms with van der Waals surface area (Å²) < 4.78 is 27.1. The second-order valence-electron chi connectivity index (χ2n) is 10.5. The minimum Gasteiger partial charge on any atom is -0.467 e. The van der Waals surface area contributed by atoms with Gasteiger partial charge in [0, 0.05) is 46.5 Å². The average Bonchev–Trinajstić information content (AvgIpc) is 3.03. The second kappa shape index (κ2) is 17.3. The molecule has 45 heavy (non-hydrogen) atoms. The van der Waals surface area contributed by atoms with E-state index in [1.165, 1.54) is 13.3 Å². The number of aromatic nitrogens is 2. The van der Waals surface area contributed by atoms with Gasteiger partial charge in [-0.2, -0.15) is 0 Å². The summed E-state index contributed by atoms with van der Waals surface area (Å²) in [4.78, 5) is 24.8. The number of alkyl halides is 2. The first-order valence-electron chi connectivity index (χ1n) is 14.5. The highest BCUT2D eigenvalue weighted by Gasteiger charge is 2.31. The SMILES string of the molecule is CC.CC(C)(F)F.COc1ncc([C@@H](Nc2ccc(N=C(c3ccccc3)c3ccccc3)cc2C=N)C(C)(C)NC=O)cn1. The number of nitrogens with one attached hydrogen (secondary N) is 3. The van der Waals surface area contributed by atoms with E-state index in [2.05, 4.69) is 20.6 Å². The van der Waals surface area contributed by atoms with Crippen LogP contribution in [0.1, 0.15) is 69.8 Å². The van der Waals surface area contributed by atoms with E-state index in [4.69, 9.17) is 15.1 Å². The number of anilines is 1. The van der Waals surface area contributed by atoms with Crippen molar-refractivity contribution < 1.29 is 18.3 Å². The third kappa shape index (κ3) is 11.6. The lowest BCUT2D eigenvalue weighted by Crippen LogP contribution is -2.47. The van der Waals surface area contributed by atoms with Crippen LogP contribution in [0.4, 0.5) is 20.2 Å². The molecular weight excluding hydrogens is 574 g/mol. The normalized spacial score (nSPS) is 11.3. The summed E-state index contributed by atoms with van der Waals surface area (Å²) >= 11 is 0. The van der Waals surface area contributed by atoms with Gasteiger partial charge in [0.2, 0.25) is 12.3 Å². The van der Waals surface area contributed by atoms with E-state index < -0.39 is 17.5 Å². The molecule has 0 spiro atoms. The largest absolute Gasteiger partial charge is 0.467 e. The number of carbonyl (C=O) groups is 1. The minimum absolute atomic E-state index is 0.253. The third-order valence-corrected chi connectivity index (χ3v) is 6.14. The lowest BCUT2D eigenvalue weighted by atomic mass is 9.89. The quantitative estimate of drug-likeness (QED) is 0.117. The highest BCUT2D eigenvalue weighted by atomic mass is 19.3. The van der Waals surface area contributed by atoms with Crippen LogP contribution in [0.3, 0.4) is 0 Å². The Morgan fingerprint density at radius 1 is 0.911 bits per heavy atom. The van der Waals surface area contributed by atoms with Crippen molar-refractivity contribution in [3.05, 3.63) is 114 Å². The fourth-order valence-corrected chi connectivity index (χ4v) is 4.14. The van der Waals surface area contributed by atoms with E-state index in [-0.39, 0.29) is 6.01 Å². The molecule has 3 aromatic carbocycles. The van der Waals surface area contributed by atoms with Gasteiger partial charge in [-0.1, -0.05) is 74.5 Å². The number of halogens is 2. The molecule has 0 bridgehead atoms. The van der Waals surface area contributed by atoms with Gasteiger partial charge >= 0.3 is 6.01 Å². The zero-order valence-corrected chi connectivity index (χ0v) is 26.8. The minimum atomic E-state index is -2.50. The molecule has 1 amide bonds. The van der Waals surface area contributed by atoms with Crippen molar-refractivity contribution >= 4 is 29.7 Å². The first-order valence-corrected chi connectivity index (χ1v) is 14.5. The van der Waals surface area contributed by atoms with Crippen molar-refractivity contribution in [3.8, 4) is 6.01 Å². The molecular formula is C35H42F2N6O2. The first kappa shape index (κ1) is 36.2. The monoisotopic (exact) mass is 616 g/mol. The van der Waals surface area contributed by atoms with E-state index in [0.717, 1.165) is 36.2 Å². The molecule has 0 aliphatic heterocycles. The lowest BCUT2D eigenvalue weighted by molar-refractivity contribution is -0.111. The Labute approximate surface area is 264 Å². The van der Waals surface area contributed by atoms with Gasteiger partial charge in [0.25, 0.3) is 0 Å². The van der Waals surface area contributed by atoms with Crippen LogP contribution >= 0.6 is 0 Å². The van der Waals surface area contributed by atoms with E-state index in [0.29, 0.717) is 23.3 Å². The van der Waals surface area contributed by atoms with Crippen LogP contribution < -0.4 is 15.4 Å². The summed E-state index contributed by atoms with van der Waals surface area (Å²) in [5, 5.41) is 14.5. The molecule has 0 aliphatic rings. The highest BCUT2D eigenvalue weighted by molar-refractivity contribution is 6.14. The van der Waals surface area contributed by atoms with Crippen LogP contribution in [0, 0.1) is 5.41 Å². The number of methoxy groups -OCH3 is 1. The molecule has 1 aromatic heterocycles. The van der Waals surface area contributed by atoms with Gasteiger partial charge in [0.1, 0.15) is 0 Å². The van der Waals surface area contributed by atoms with E-state index >= 15 is 0 Å². The Balaban J connectivity index is 0.000000917. The molecule has 3 N–H and O–H groups in total. The number of ether oxygens (including phenoxy) is 1. The Kier molecular flexibility index (Phi) is 14.0. The van der Waals surface area contributed by atoms with E-state index in [1.54, 1.807) is 12.4 Å². The van der Waals surface area contributed by atoms with Crippen molar-refractivity contribution in [2.45, 2.75) is 59.0 Å². The molecule has 1 heterocycles. The van der Waals surface area contributed by atoms with Gasteiger partial charge in [-0.3, -0.25) is 4.79 Å². The van der Waals surface area contributed by atoms with Crippen molar-refractivity contribution in [1.29, 1.82) is 5.41 Å². The van der Waals surface area contributed by atoms with E-state index in [1.807, 2.05) is 107 Å². The molecule has 10 heteroatoms. The lowest BCUT2D eigenvalue weighted by Gasteiger charge is -2.35. The molecule has 0 fully saturated rings. The number of rotatable bonds is 11. The van der Waals surface area contributed by atoms with Gasteiger partial charge in [-0.25, -0.2) is 23.7 Å². The molecule has 1 atom stereocenters. The van der Waals surface area contributed by atoms with Crippen LogP contribution in [0.5, 0.6) is 6.01 Å². The number of carbonyl (C=O) groups excluding carboxylic acids is 1. The van der Waals surface area contributed by atoms with Crippen molar-refractivity contribution in [2.75, 3.05) is 12.4 Å². The summed E-state index contributed by atoms with van der Waals surface area (Å²) in [6, 6.07) is 25.5. The topological polar surface area (TPSA) is 112 Å². The predicted molar refractivity (Wildman–Crippen MR) is 178 cm³/mol. The summed E-state index contributed by atoms with van der Waals surface area (Å²) in [5.74, 6) is -2.50. The zero-order valence-electron chi connectivity index (χ0n) is 26.8. The maximum Gasteiger partial charge on any atom is 0.316 e. The number of hydrogen-bond acceptors (Lipinski definition) is 7. The Morgan fingerprint density at radius 2 is 1.42 bits per heavy atom. The number of hydrogen-bond donors (Lipinski definition) is 3. The Hall–Kier alpha value is -4.99. The van der Waals surface area contributed by atoms with Gasteiger partial charge in [-0.05, 0) is 45.9 Å². The summed E-state index contributed by atoms with van der Waals surface area (Å²) in [6.07, 6.45) is 5.27. The fourth-order valence-electron chi connectivity index (χ4n) is 4.14. The van der Waals surface area contributed by atoms with Crippen molar-refractivity contribution in [2.24, 2.45) is 4.99 Å². The number of nitrogens with zero attached hydrogens (tertiary/aromatic N) is 3. The van der Waals surface area contributed by atoms with Crippen LogP contribution in [-0.4, -0.2) is 46.9 Å². The maximum atomic E-state index is 11.4. The smallest absolute Gasteiger partial charge is 0.316 e. The molecule has 0 unspecified atom stereocenters. The van der Waals surface area contributed by atoms with Crippen molar-refractivity contribution in [1.82, 2.24) is 15.3 Å². The number of aliphatic imine (C=N–C) groups is 1. The van der Waals surface area contributed by atoms with E-state index in [9.17, 15) is 13.6 Å². The Morgan fingerprint density at radius 3 is 1.87 bits per heavy atom. The molecule has 0 saturated carbocycles.